The minimum Gasteiger partial charge on any atom is -0.480 e. The van der Waals surface area contributed by atoms with E-state index in [1.165, 1.54) is 7.05 Å². The molecule has 1 heterocycles. The summed E-state index contributed by atoms with van der Waals surface area (Å²) in [6, 6.07) is 0. The van der Waals surface area contributed by atoms with Crippen LogP contribution in [0.1, 0.15) is 10.5 Å². The number of alkyl halides is 2. The van der Waals surface area contributed by atoms with Gasteiger partial charge in [0.1, 0.15) is 6.54 Å². The molecular formula is C8H10F2N4O3. The lowest BCUT2D eigenvalue weighted by atomic mass is 10.4. The zero-order valence-corrected chi connectivity index (χ0v) is 8.88. The predicted molar refractivity (Wildman–Crippen MR) is 50.6 cm³/mol. The fourth-order valence-corrected chi connectivity index (χ4v) is 1.10. The van der Waals surface area contributed by atoms with Gasteiger partial charge in [-0.2, -0.15) is 0 Å². The second-order valence-electron chi connectivity index (χ2n) is 3.27. The van der Waals surface area contributed by atoms with Crippen LogP contribution in [0, 0.1) is 0 Å². The Balaban J connectivity index is 2.69. The van der Waals surface area contributed by atoms with Crippen LogP contribution in [-0.4, -0.2) is 56.9 Å². The molecule has 0 aromatic carbocycles. The van der Waals surface area contributed by atoms with Gasteiger partial charge < -0.3 is 10.0 Å². The van der Waals surface area contributed by atoms with Crippen molar-refractivity contribution in [1.82, 2.24) is 19.9 Å². The summed E-state index contributed by atoms with van der Waals surface area (Å²) in [6.07, 6.45) is -1.55. The van der Waals surface area contributed by atoms with Gasteiger partial charge >= 0.3 is 5.97 Å². The minimum absolute atomic E-state index is 0.172. The highest BCUT2D eigenvalue weighted by atomic mass is 19.3. The highest BCUT2D eigenvalue weighted by molar-refractivity contribution is 5.91. The molecule has 0 unspecified atom stereocenters. The molecule has 0 spiro atoms. The molecule has 0 atom stereocenters. The van der Waals surface area contributed by atoms with Crippen molar-refractivity contribution in [3.8, 4) is 0 Å². The number of aromatic nitrogens is 3. The van der Waals surface area contributed by atoms with Gasteiger partial charge in [0.05, 0.1) is 12.7 Å². The van der Waals surface area contributed by atoms with Crippen LogP contribution in [-0.2, 0) is 11.3 Å². The van der Waals surface area contributed by atoms with Crippen molar-refractivity contribution < 1.29 is 23.5 Å². The van der Waals surface area contributed by atoms with Crippen LogP contribution in [0.5, 0.6) is 0 Å². The quantitative estimate of drug-likeness (QED) is 0.772. The number of carboxylic acid groups (broad SMARTS) is 1. The Hall–Kier alpha value is -2.06. The van der Waals surface area contributed by atoms with Crippen molar-refractivity contribution in [1.29, 1.82) is 0 Å². The summed E-state index contributed by atoms with van der Waals surface area (Å²) in [5, 5.41) is 15.3. The van der Waals surface area contributed by atoms with E-state index in [1.807, 2.05) is 0 Å². The summed E-state index contributed by atoms with van der Waals surface area (Å²) >= 11 is 0. The Labute approximate surface area is 94.6 Å². The molecule has 9 heteroatoms. The third-order valence-electron chi connectivity index (χ3n) is 1.81. The maximum Gasteiger partial charge on any atom is 0.325 e. The topological polar surface area (TPSA) is 88.3 Å². The van der Waals surface area contributed by atoms with Gasteiger partial charge in [-0.3, -0.25) is 9.59 Å². The first-order chi connectivity index (χ1) is 7.90. The van der Waals surface area contributed by atoms with Gasteiger partial charge in [-0.15, -0.1) is 5.10 Å². The van der Waals surface area contributed by atoms with Gasteiger partial charge in [0, 0.05) is 7.05 Å². The standard InChI is InChI=1S/C8H10F2N4O3/c1-13(3-6(9)10)8(17)5-2-14(12-11-5)4-7(15)16/h2,6H,3-4H2,1H3,(H,15,16). The van der Waals surface area contributed by atoms with Crippen molar-refractivity contribution in [2.45, 2.75) is 13.0 Å². The second kappa shape index (κ2) is 5.32. The van der Waals surface area contributed by atoms with E-state index in [9.17, 15) is 18.4 Å². The summed E-state index contributed by atoms with van der Waals surface area (Å²) in [7, 11) is 1.20. The van der Waals surface area contributed by atoms with E-state index in [-0.39, 0.29) is 5.69 Å². The lowest BCUT2D eigenvalue weighted by Crippen LogP contribution is -2.31. The number of hydrogen-bond donors (Lipinski definition) is 1. The number of aliphatic carboxylic acids is 1. The average Bonchev–Trinajstić information content (AvgIpc) is 2.62. The Morgan fingerprint density at radius 2 is 2.24 bits per heavy atom. The smallest absolute Gasteiger partial charge is 0.325 e. The summed E-state index contributed by atoms with van der Waals surface area (Å²) in [5.41, 5.74) is -0.172. The molecule has 0 aliphatic heterocycles. The SMILES string of the molecule is CN(CC(F)F)C(=O)c1cn(CC(=O)O)nn1. The van der Waals surface area contributed by atoms with Gasteiger partial charge in [0.25, 0.3) is 12.3 Å². The number of rotatable bonds is 5. The van der Waals surface area contributed by atoms with Crippen molar-refractivity contribution in [2.75, 3.05) is 13.6 Å². The van der Waals surface area contributed by atoms with Gasteiger partial charge in [-0.05, 0) is 0 Å². The fourth-order valence-electron chi connectivity index (χ4n) is 1.10. The van der Waals surface area contributed by atoms with Crippen molar-refractivity contribution >= 4 is 11.9 Å². The molecule has 1 aromatic heterocycles. The van der Waals surface area contributed by atoms with Gasteiger partial charge in [0.15, 0.2) is 5.69 Å². The van der Waals surface area contributed by atoms with Gasteiger partial charge in [-0.1, -0.05) is 5.21 Å². The molecule has 17 heavy (non-hydrogen) atoms. The first kappa shape index (κ1) is 13.0. The Morgan fingerprint density at radius 1 is 1.59 bits per heavy atom. The summed E-state index contributed by atoms with van der Waals surface area (Å²) < 4.78 is 25.0. The largest absolute Gasteiger partial charge is 0.480 e. The maximum atomic E-state index is 12.0. The van der Waals surface area contributed by atoms with E-state index in [2.05, 4.69) is 10.3 Å². The highest BCUT2D eigenvalue weighted by Gasteiger charge is 2.19. The molecule has 1 aromatic rings. The number of nitrogens with zero attached hydrogens (tertiary/aromatic N) is 4. The Bertz CT molecular complexity index is 421. The Morgan fingerprint density at radius 3 is 2.76 bits per heavy atom. The fraction of sp³-hybridized carbons (Fsp3) is 0.500. The number of carbonyl (C=O) groups is 2. The van der Waals surface area contributed by atoms with Crippen LogP contribution in [0.4, 0.5) is 8.78 Å². The van der Waals surface area contributed by atoms with Crippen molar-refractivity contribution in [2.24, 2.45) is 0 Å². The van der Waals surface area contributed by atoms with E-state index >= 15 is 0 Å². The molecule has 0 saturated heterocycles. The molecule has 1 amide bonds. The summed E-state index contributed by atoms with van der Waals surface area (Å²) in [5.74, 6) is -1.88. The van der Waals surface area contributed by atoms with E-state index in [4.69, 9.17) is 5.11 Å². The van der Waals surface area contributed by atoms with Crippen LogP contribution < -0.4 is 0 Å². The Kier molecular flexibility index (Phi) is 4.07. The van der Waals surface area contributed by atoms with Crippen LogP contribution in [0.25, 0.3) is 0 Å². The number of hydrogen-bond acceptors (Lipinski definition) is 4. The zero-order chi connectivity index (χ0) is 13.0. The second-order valence-corrected chi connectivity index (χ2v) is 3.27. The third-order valence-corrected chi connectivity index (χ3v) is 1.81. The normalized spacial score (nSPS) is 10.6. The first-order valence-corrected chi connectivity index (χ1v) is 4.55. The summed E-state index contributed by atoms with van der Waals surface area (Å²) in [6.45, 7) is -1.16. The van der Waals surface area contributed by atoms with Crippen molar-refractivity contribution in [3.05, 3.63) is 11.9 Å². The molecule has 1 rings (SSSR count). The third kappa shape index (κ3) is 3.78. The zero-order valence-electron chi connectivity index (χ0n) is 8.88. The van der Waals surface area contributed by atoms with Crippen LogP contribution >= 0.6 is 0 Å². The molecule has 0 bridgehead atoms. The number of halogens is 2. The average molecular weight is 248 g/mol. The van der Waals surface area contributed by atoms with Crippen LogP contribution in [0.15, 0.2) is 6.20 Å². The van der Waals surface area contributed by atoms with E-state index in [0.717, 1.165) is 15.8 Å². The molecule has 0 aliphatic carbocycles. The molecule has 0 fully saturated rings. The molecule has 94 valence electrons. The van der Waals surface area contributed by atoms with Gasteiger partial charge in [0.2, 0.25) is 0 Å². The van der Waals surface area contributed by atoms with Crippen molar-refractivity contribution in [3.63, 3.8) is 0 Å². The van der Waals surface area contributed by atoms with E-state index < -0.39 is 31.4 Å². The van der Waals surface area contributed by atoms with E-state index in [0.29, 0.717) is 0 Å². The van der Waals surface area contributed by atoms with E-state index in [1.54, 1.807) is 0 Å². The van der Waals surface area contributed by atoms with Crippen LogP contribution in [0.2, 0.25) is 0 Å². The predicted octanol–water partition coefficient (Wildman–Crippen LogP) is -0.300. The van der Waals surface area contributed by atoms with Crippen LogP contribution in [0.3, 0.4) is 0 Å². The minimum atomic E-state index is -2.64. The lowest BCUT2D eigenvalue weighted by molar-refractivity contribution is -0.137. The molecule has 0 saturated carbocycles. The number of amides is 1. The molecule has 1 N–H and O–H groups in total. The molecule has 7 nitrogen and oxygen atoms in total. The lowest BCUT2D eigenvalue weighted by Gasteiger charge is -2.14. The maximum absolute atomic E-state index is 12.0. The number of carbonyl (C=O) groups excluding carboxylic acids is 1. The highest BCUT2D eigenvalue weighted by Crippen LogP contribution is 2.02. The molecule has 0 aliphatic rings. The number of carboxylic acids is 1. The summed E-state index contributed by atoms with van der Waals surface area (Å²) in [4.78, 5) is 22.6. The molecule has 0 radical (unpaired) electrons. The first-order valence-electron chi connectivity index (χ1n) is 4.55. The monoisotopic (exact) mass is 248 g/mol. The molecular weight excluding hydrogens is 238 g/mol. The van der Waals surface area contributed by atoms with Gasteiger partial charge in [-0.25, -0.2) is 13.5 Å².